The fourth-order valence-electron chi connectivity index (χ4n) is 0.892. The highest BCUT2D eigenvalue weighted by molar-refractivity contribution is 8.12. The number of hydrogen-bond donors (Lipinski definition) is 1. The summed E-state index contributed by atoms with van der Waals surface area (Å²) < 4.78 is 0. The number of nitrogens with zero attached hydrogens (tertiary/aromatic N) is 1. The van der Waals surface area contributed by atoms with Gasteiger partial charge in [0, 0.05) is 18.5 Å². The summed E-state index contributed by atoms with van der Waals surface area (Å²) in [6.07, 6.45) is 0. The van der Waals surface area contributed by atoms with Gasteiger partial charge in [-0.15, -0.1) is 0 Å². The Morgan fingerprint density at radius 2 is 2.38 bits per heavy atom. The predicted molar refractivity (Wildman–Crippen MR) is 54.7 cm³/mol. The van der Waals surface area contributed by atoms with Crippen molar-refractivity contribution in [3.63, 3.8) is 0 Å². The van der Waals surface area contributed by atoms with E-state index in [2.05, 4.69) is 10.3 Å². The molecule has 13 heavy (non-hydrogen) atoms. The van der Waals surface area contributed by atoms with Crippen LogP contribution in [0.3, 0.4) is 0 Å². The molecule has 0 radical (unpaired) electrons. The molecule has 1 aromatic rings. The standard InChI is InChI=1S/C9H12N2OS/c1-7-4-3-5-8(11-7)6-13-9(12)10-2/h3-5H,6H2,1-2H3,(H,10,12). The molecule has 1 amide bonds. The van der Waals surface area contributed by atoms with Crippen LogP contribution in [0.2, 0.25) is 0 Å². The Kier molecular flexibility index (Phi) is 3.76. The molecule has 1 aromatic heterocycles. The van der Waals surface area contributed by atoms with E-state index in [9.17, 15) is 4.79 Å². The van der Waals surface area contributed by atoms with Crippen LogP contribution in [0.4, 0.5) is 4.79 Å². The highest BCUT2D eigenvalue weighted by Gasteiger charge is 2.00. The lowest BCUT2D eigenvalue weighted by atomic mass is 10.3. The van der Waals surface area contributed by atoms with Crippen LogP contribution in [0.1, 0.15) is 11.4 Å². The van der Waals surface area contributed by atoms with Gasteiger partial charge in [0.2, 0.25) is 0 Å². The quantitative estimate of drug-likeness (QED) is 0.786. The lowest BCUT2D eigenvalue weighted by Crippen LogP contribution is -2.11. The molecule has 0 atom stereocenters. The molecule has 70 valence electrons. The molecule has 0 spiro atoms. The van der Waals surface area contributed by atoms with Gasteiger partial charge in [-0.2, -0.15) is 0 Å². The van der Waals surface area contributed by atoms with Gasteiger partial charge < -0.3 is 5.32 Å². The summed E-state index contributed by atoms with van der Waals surface area (Å²) in [6.45, 7) is 1.94. The summed E-state index contributed by atoms with van der Waals surface area (Å²) in [4.78, 5) is 15.2. The maximum atomic E-state index is 10.9. The second-order valence-corrected chi connectivity index (χ2v) is 3.54. The van der Waals surface area contributed by atoms with Gasteiger partial charge in [0.05, 0.1) is 5.69 Å². The van der Waals surface area contributed by atoms with Crippen molar-refractivity contribution >= 4 is 17.0 Å². The fourth-order valence-corrected chi connectivity index (χ4v) is 1.48. The van der Waals surface area contributed by atoms with Gasteiger partial charge in [0.1, 0.15) is 0 Å². The third-order valence-corrected chi connectivity index (χ3v) is 2.41. The topological polar surface area (TPSA) is 42.0 Å². The molecule has 1 N–H and O–H groups in total. The van der Waals surface area contributed by atoms with Gasteiger partial charge >= 0.3 is 0 Å². The molecular formula is C9H12N2OS. The Balaban J connectivity index is 2.50. The first-order valence-corrected chi connectivity index (χ1v) is 4.98. The van der Waals surface area contributed by atoms with Gasteiger partial charge in [-0.05, 0) is 19.1 Å². The van der Waals surface area contributed by atoms with Crippen molar-refractivity contribution in [2.45, 2.75) is 12.7 Å². The zero-order chi connectivity index (χ0) is 9.68. The minimum Gasteiger partial charge on any atom is -0.350 e. The fraction of sp³-hybridized carbons (Fsp3) is 0.333. The molecule has 1 rings (SSSR count). The molecule has 0 aliphatic heterocycles. The Morgan fingerprint density at radius 3 is 3.00 bits per heavy atom. The average Bonchev–Trinajstić information content (AvgIpc) is 2.14. The Bertz CT molecular complexity index is 301. The van der Waals surface area contributed by atoms with Crippen LogP contribution in [-0.2, 0) is 5.75 Å². The molecule has 4 heteroatoms. The van der Waals surface area contributed by atoms with Gasteiger partial charge in [0.25, 0.3) is 5.24 Å². The first kappa shape index (κ1) is 10.1. The highest BCUT2D eigenvalue weighted by Crippen LogP contribution is 2.10. The van der Waals surface area contributed by atoms with E-state index in [0.717, 1.165) is 11.4 Å². The molecule has 0 saturated carbocycles. The van der Waals surface area contributed by atoms with Crippen LogP contribution in [0.5, 0.6) is 0 Å². The van der Waals surface area contributed by atoms with E-state index in [0.29, 0.717) is 5.75 Å². The van der Waals surface area contributed by atoms with Gasteiger partial charge in [-0.25, -0.2) is 0 Å². The summed E-state index contributed by atoms with van der Waals surface area (Å²) in [5, 5.41) is 2.52. The predicted octanol–water partition coefficient (Wildman–Crippen LogP) is 1.96. The normalized spacial score (nSPS) is 9.69. The Labute approximate surface area is 81.9 Å². The van der Waals surface area contributed by atoms with E-state index < -0.39 is 0 Å². The first-order valence-electron chi connectivity index (χ1n) is 3.99. The van der Waals surface area contributed by atoms with Crippen LogP contribution in [0.15, 0.2) is 18.2 Å². The molecular weight excluding hydrogens is 184 g/mol. The Morgan fingerprint density at radius 1 is 1.62 bits per heavy atom. The van der Waals surface area contributed by atoms with Crippen molar-refractivity contribution < 1.29 is 4.79 Å². The molecule has 3 nitrogen and oxygen atoms in total. The molecule has 0 aromatic carbocycles. The van der Waals surface area contributed by atoms with E-state index in [1.807, 2.05) is 25.1 Å². The number of pyridine rings is 1. The SMILES string of the molecule is CNC(=O)SCc1cccc(C)n1. The number of carbonyl (C=O) groups is 1. The van der Waals surface area contributed by atoms with Crippen LogP contribution in [0, 0.1) is 6.92 Å². The first-order chi connectivity index (χ1) is 6.22. The third-order valence-electron chi connectivity index (χ3n) is 1.50. The Hall–Kier alpha value is -1.03. The maximum Gasteiger partial charge on any atom is 0.279 e. The minimum atomic E-state index is -0.0247. The minimum absolute atomic E-state index is 0.0247. The van der Waals surface area contributed by atoms with Gasteiger partial charge in [0.15, 0.2) is 0 Å². The summed E-state index contributed by atoms with van der Waals surface area (Å²) in [5.74, 6) is 0.626. The zero-order valence-electron chi connectivity index (χ0n) is 7.70. The van der Waals surface area contributed by atoms with Crippen LogP contribution in [0.25, 0.3) is 0 Å². The number of hydrogen-bond acceptors (Lipinski definition) is 3. The van der Waals surface area contributed by atoms with Crippen molar-refractivity contribution in [1.82, 2.24) is 10.3 Å². The second kappa shape index (κ2) is 4.87. The largest absolute Gasteiger partial charge is 0.350 e. The summed E-state index contributed by atoms with van der Waals surface area (Å²) >= 11 is 1.23. The molecule has 0 unspecified atom stereocenters. The summed E-state index contributed by atoms with van der Waals surface area (Å²) in [7, 11) is 1.62. The van der Waals surface area contributed by atoms with E-state index in [-0.39, 0.29) is 5.24 Å². The second-order valence-electron chi connectivity index (χ2n) is 2.60. The van der Waals surface area contributed by atoms with Crippen molar-refractivity contribution in [1.29, 1.82) is 0 Å². The smallest absolute Gasteiger partial charge is 0.279 e. The lowest BCUT2D eigenvalue weighted by molar-refractivity contribution is 0.262. The maximum absolute atomic E-state index is 10.9. The molecule has 0 bridgehead atoms. The molecule has 1 heterocycles. The number of amides is 1. The number of aryl methyl sites for hydroxylation is 1. The van der Waals surface area contributed by atoms with Crippen LogP contribution >= 0.6 is 11.8 Å². The van der Waals surface area contributed by atoms with Gasteiger partial charge in [-0.3, -0.25) is 9.78 Å². The summed E-state index contributed by atoms with van der Waals surface area (Å²) in [6, 6.07) is 5.80. The van der Waals surface area contributed by atoms with Crippen LogP contribution in [-0.4, -0.2) is 17.3 Å². The molecule has 0 saturated heterocycles. The summed E-state index contributed by atoms with van der Waals surface area (Å²) in [5.41, 5.74) is 1.92. The van der Waals surface area contributed by atoms with E-state index in [1.165, 1.54) is 11.8 Å². The van der Waals surface area contributed by atoms with E-state index >= 15 is 0 Å². The lowest BCUT2D eigenvalue weighted by Gasteiger charge is -2.00. The van der Waals surface area contributed by atoms with Crippen molar-refractivity contribution in [3.05, 3.63) is 29.6 Å². The molecule has 0 aliphatic carbocycles. The zero-order valence-corrected chi connectivity index (χ0v) is 8.52. The van der Waals surface area contributed by atoms with Crippen molar-refractivity contribution in [2.24, 2.45) is 0 Å². The third kappa shape index (κ3) is 3.46. The van der Waals surface area contributed by atoms with Crippen molar-refractivity contribution in [2.75, 3.05) is 7.05 Å². The number of carbonyl (C=O) groups excluding carboxylic acids is 1. The monoisotopic (exact) mass is 196 g/mol. The van der Waals surface area contributed by atoms with E-state index in [1.54, 1.807) is 7.05 Å². The number of rotatable bonds is 2. The average molecular weight is 196 g/mol. The highest BCUT2D eigenvalue weighted by atomic mass is 32.2. The molecule has 0 aliphatic rings. The molecule has 0 fully saturated rings. The van der Waals surface area contributed by atoms with E-state index in [4.69, 9.17) is 0 Å². The van der Waals surface area contributed by atoms with Crippen LogP contribution < -0.4 is 5.32 Å². The van der Waals surface area contributed by atoms with Crippen molar-refractivity contribution in [3.8, 4) is 0 Å². The number of aromatic nitrogens is 1. The van der Waals surface area contributed by atoms with Gasteiger partial charge in [-0.1, -0.05) is 17.8 Å². The number of thioether (sulfide) groups is 1. The number of nitrogens with one attached hydrogen (secondary N) is 1.